The highest BCUT2D eigenvalue weighted by Gasteiger charge is 2.14. The molecule has 0 heterocycles. The lowest BCUT2D eigenvalue weighted by atomic mass is 9.95. The van der Waals surface area contributed by atoms with Crippen molar-refractivity contribution in [2.45, 2.75) is 20.3 Å². The van der Waals surface area contributed by atoms with E-state index in [1.165, 1.54) is 5.57 Å². The molecule has 0 saturated carbocycles. The molecule has 0 bridgehead atoms. The number of anilines is 1. The van der Waals surface area contributed by atoms with Gasteiger partial charge in [0.05, 0.1) is 0 Å². The molecule has 3 nitrogen and oxygen atoms in total. The lowest BCUT2D eigenvalue weighted by Crippen LogP contribution is -2.31. The Morgan fingerprint density at radius 3 is 2.67 bits per heavy atom. The highest BCUT2D eigenvalue weighted by Crippen LogP contribution is 2.21. The van der Waals surface area contributed by atoms with E-state index in [0.29, 0.717) is 5.92 Å². The van der Waals surface area contributed by atoms with Gasteiger partial charge in [-0.05, 0) is 37.5 Å². The fraction of sp³-hybridized carbons (Fsp3) is 0.267. The fourth-order valence-electron chi connectivity index (χ4n) is 1.91. The van der Waals surface area contributed by atoms with Crippen molar-refractivity contribution >= 4 is 11.7 Å². The topological polar surface area (TPSA) is 41.1 Å². The summed E-state index contributed by atoms with van der Waals surface area (Å²) in [6.07, 6.45) is 5.19. The van der Waals surface area contributed by atoms with Gasteiger partial charge in [-0.3, -0.25) is 0 Å². The van der Waals surface area contributed by atoms with E-state index < -0.39 is 0 Å². The van der Waals surface area contributed by atoms with Crippen molar-refractivity contribution in [2.24, 2.45) is 5.92 Å². The van der Waals surface area contributed by atoms with Gasteiger partial charge in [0.15, 0.2) is 0 Å². The summed E-state index contributed by atoms with van der Waals surface area (Å²) in [5.41, 5.74) is 2.97. The third-order valence-corrected chi connectivity index (χ3v) is 3.00. The summed E-state index contributed by atoms with van der Waals surface area (Å²) in [4.78, 5) is 11.9. The first kappa shape index (κ1) is 12.4. The monoisotopic (exact) mass is 242 g/mol. The largest absolute Gasteiger partial charge is 0.323 e. The van der Waals surface area contributed by atoms with Crippen LogP contribution in [0, 0.1) is 5.92 Å². The molecule has 0 radical (unpaired) electrons. The molecule has 2 amide bonds. The van der Waals surface area contributed by atoms with Gasteiger partial charge in [-0.15, -0.1) is 0 Å². The Kier molecular flexibility index (Phi) is 3.82. The van der Waals surface area contributed by atoms with Gasteiger partial charge in [0.1, 0.15) is 0 Å². The number of urea groups is 1. The van der Waals surface area contributed by atoms with E-state index in [1.54, 1.807) is 0 Å². The number of benzene rings is 1. The highest BCUT2D eigenvalue weighted by atomic mass is 16.2. The minimum absolute atomic E-state index is 0.186. The number of hydrogen-bond acceptors (Lipinski definition) is 1. The van der Waals surface area contributed by atoms with Crippen LogP contribution in [0.3, 0.4) is 0 Å². The average Bonchev–Trinajstić information content (AvgIpc) is 2.35. The maximum atomic E-state index is 11.9. The summed E-state index contributed by atoms with van der Waals surface area (Å²) in [5.74, 6) is 0.357. The Bertz CT molecular complexity index is 488. The summed E-state index contributed by atoms with van der Waals surface area (Å²) < 4.78 is 0. The van der Waals surface area contributed by atoms with Crippen LogP contribution in [0.5, 0.6) is 0 Å². The van der Waals surface area contributed by atoms with Gasteiger partial charge in [-0.25, -0.2) is 4.79 Å². The van der Waals surface area contributed by atoms with Crippen LogP contribution in [-0.4, -0.2) is 6.03 Å². The molecule has 1 aromatic carbocycles. The van der Waals surface area contributed by atoms with Crippen molar-refractivity contribution in [1.82, 2.24) is 5.32 Å². The molecule has 1 aliphatic rings. The zero-order valence-corrected chi connectivity index (χ0v) is 10.7. The molecule has 1 aromatic rings. The van der Waals surface area contributed by atoms with Crippen molar-refractivity contribution in [3.05, 3.63) is 53.8 Å². The van der Waals surface area contributed by atoms with Crippen LogP contribution in [0.25, 0.3) is 0 Å². The number of carbonyl (C=O) groups is 1. The van der Waals surface area contributed by atoms with E-state index in [0.717, 1.165) is 17.8 Å². The van der Waals surface area contributed by atoms with Gasteiger partial charge in [0.25, 0.3) is 0 Å². The number of para-hydroxylation sites is 1. The normalized spacial score (nSPS) is 18.7. The van der Waals surface area contributed by atoms with Crippen LogP contribution < -0.4 is 10.6 Å². The van der Waals surface area contributed by atoms with Crippen LogP contribution in [0.15, 0.2) is 53.8 Å². The predicted octanol–water partition coefficient (Wildman–Crippen LogP) is 3.68. The number of amides is 2. The number of nitrogens with one attached hydrogen (secondary N) is 2. The third kappa shape index (κ3) is 3.23. The molecule has 94 valence electrons. The van der Waals surface area contributed by atoms with Crippen molar-refractivity contribution in [2.75, 3.05) is 5.32 Å². The highest BCUT2D eigenvalue weighted by molar-refractivity contribution is 5.90. The van der Waals surface area contributed by atoms with Crippen molar-refractivity contribution in [3.63, 3.8) is 0 Å². The fourth-order valence-corrected chi connectivity index (χ4v) is 1.91. The molecule has 0 aromatic heterocycles. The molecular formula is C15H18N2O. The molecule has 1 atom stereocenters. The lowest BCUT2D eigenvalue weighted by Gasteiger charge is -2.20. The van der Waals surface area contributed by atoms with Gasteiger partial charge in [-0.2, -0.15) is 0 Å². The minimum Gasteiger partial charge on any atom is -0.311 e. The van der Waals surface area contributed by atoms with Gasteiger partial charge >= 0.3 is 6.03 Å². The van der Waals surface area contributed by atoms with Crippen molar-refractivity contribution in [1.29, 1.82) is 0 Å². The summed E-state index contributed by atoms with van der Waals surface area (Å²) in [6, 6.07) is 9.25. The maximum Gasteiger partial charge on any atom is 0.323 e. The number of rotatable bonds is 2. The first-order valence-electron chi connectivity index (χ1n) is 6.16. The van der Waals surface area contributed by atoms with Crippen LogP contribution in [0.2, 0.25) is 0 Å². The van der Waals surface area contributed by atoms with Gasteiger partial charge in [0, 0.05) is 11.4 Å². The van der Waals surface area contributed by atoms with E-state index in [-0.39, 0.29) is 6.03 Å². The zero-order valence-electron chi connectivity index (χ0n) is 10.7. The summed E-state index contributed by atoms with van der Waals surface area (Å²) in [5, 5.41) is 5.73. The van der Waals surface area contributed by atoms with Crippen molar-refractivity contribution < 1.29 is 4.79 Å². The Morgan fingerprint density at radius 2 is 1.94 bits per heavy atom. The lowest BCUT2D eigenvalue weighted by molar-refractivity contribution is 0.253. The summed E-state index contributed by atoms with van der Waals surface area (Å²) in [7, 11) is 0. The Balaban J connectivity index is 1.98. The SMILES string of the molecule is CC1=CCC(C)C(NC(=O)Nc2ccccc2)=C1. The molecule has 1 unspecified atom stereocenters. The molecule has 0 spiro atoms. The molecule has 0 saturated heterocycles. The Morgan fingerprint density at radius 1 is 1.22 bits per heavy atom. The second-order valence-electron chi connectivity index (χ2n) is 4.63. The van der Waals surface area contributed by atoms with Gasteiger partial charge < -0.3 is 10.6 Å². The van der Waals surface area contributed by atoms with Crippen molar-refractivity contribution in [3.8, 4) is 0 Å². The Labute approximate surface area is 108 Å². The van der Waals surface area contributed by atoms with Gasteiger partial charge in [-0.1, -0.05) is 36.8 Å². The standard InChI is InChI=1S/C15H18N2O/c1-11-8-9-12(2)14(10-11)17-15(18)16-13-6-4-3-5-7-13/h3-8,10,12H,9H2,1-2H3,(H2,16,17,18). The quantitative estimate of drug-likeness (QED) is 0.816. The van der Waals surface area contributed by atoms with E-state index in [2.05, 4.69) is 23.6 Å². The van der Waals surface area contributed by atoms with E-state index in [4.69, 9.17) is 0 Å². The molecule has 0 aliphatic heterocycles. The van der Waals surface area contributed by atoms with Gasteiger partial charge in [0.2, 0.25) is 0 Å². The molecule has 1 aliphatic carbocycles. The number of carbonyl (C=O) groups excluding carboxylic acids is 1. The molecule has 2 rings (SSSR count). The average molecular weight is 242 g/mol. The van der Waals surface area contributed by atoms with Crippen LogP contribution >= 0.6 is 0 Å². The predicted molar refractivity (Wildman–Crippen MR) is 74.2 cm³/mol. The number of hydrogen-bond donors (Lipinski definition) is 2. The van der Waals surface area contributed by atoms with Crippen LogP contribution in [0.1, 0.15) is 20.3 Å². The molecule has 0 fully saturated rings. The Hall–Kier alpha value is -2.03. The molecule has 2 N–H and O–H groups in total. The van der Waals surface area contributed by atoms with Crippen LogP contribution in [0.4, 0.5) is 10.5 Å². The molecule has 18 heavy (non-hydrogen) atoms. The first-order valence-corrected chi connectivity index (χ1v) is 6.16. The van der Waals surface area contributed by atoms with E-state index in [9.17, 15) is 4.79 Å². The first-order chi connectivity index (χ1) is 8.65. The second kappa shape index (κ2) is 5.54. The summed E-state index contributed by atoms with van der Waals surface area (Å²) >= 11 is 0. The van der Waals surface area contributed by atoms with Crippen LogP contribution in [-0.2, 0) is 0 Å². The third-order valence-electron chi connectivity index (χ3n) is 3.00. The smallest absolute Gasteiger partial charge is 0.311 e. The molecule has 3 heteroatoms. The van der Waals surface area contributed by atoms with E-state index in [1.807, 2.05) is 43.3 Å². The second-order valence-corrected chi connectivity index (χ2v) is 4.63. The van der Waals surface area contributed by atoms with E-state index >= 15 is 0 Å². The minimum atomic E-state index is -0.186. The maximum absolute atomic E-state index is 11.9. The number of allylic oxidation sites excluding steroid dienone is 4. The summed E-state index contributed by atoms with van der Waals surface area (Å²) in [6.45, 7) is 4.15. The molecular weight excluding hydrogens is 224 g/mol. The zero-order chi connectivity index (χ0) is 13.0.